The van der Waals surface area contributed by atoms with Gasteiger partial charge in [-0.05, 0) is 38.2 Å². The third kappa shape index (κ3) is 4.74. The average molecular weight is 319 g/mol. The molecular formula is C16H21N3O4. The number of H-pyrrole nitrogens is 1. The Balaban J connectivity index is 1.37. The number of aromatic amines is 1. The van der Waals surface area contributed by atoms with Crippen LogP contribution in [0, 0.1) is 0 Å². The topological polar surface area (TPSA) is 86.3 Å². The highest BCUT2D eigenvalue weighted by molar-refractivity contribution is 5.73. The van der Waals surface area contributed by atoms with Crippen molar-refractivity contribution in [3.8, 4) is 5.88 Å². The van der Waals surface area contributed by atoms with Gasteiger partial charge < -0.3 is 14.2 Å². The highest BCUT2D eigenvalue weighted by atomic mass is 16.7. The van der Waals surface area contributed by atoms with E-state index < -0.39 is 5.69 Å². The largest absolute Gasteiger partial charge is 0.478 e. The lowest BCUT2D eigenvalue weighted by atomic mass is 10.2. The molecule has 0 aromatic carbocycles. The van der Waals surface area contributed by atoms with Crippen LogP contribution in [-0.2, 0) is 9.47 Å². The Morgan fingerprint density at radius 1 is 1.26 bits per heavy atom. The molecule has 0 bridgehead atoms. The van der Waals surface area contributed by atoms with Gasteiger partial charge in [0.15, 0.2) is 6.29 Å². The van der Waals surface area contributed by atoms with Gasteiger partial charge in [-0.2, -0.15) is 4.98 Å². The van der Waals surface area contributed by atoms with Crippen LogP contribution in [0.2, 0.25) is 0 Å². The molecule has 1 atom stereocenters. The minimum atomic E-state index is -0.413. The lowest BCUT2D eigenvalue weighted by Crippen LogP contribution is -2.22. The molecule has 23 heavy (non-hydrogen) atoms. The number of pyridine rings is 1. The Morgan fingerprint density at radius 3 is 3.04 bits per heavy atom. The van der Waals surface area contributed by atoms with Crippen LogP contribution >= 0.6 is 0 Å². The van der Waals surface area contributed by atoms with Gasteiger partial charge in [-0.1, -0.05) is 0 Å². The van der Waals surface area contributed by atoms with Crippen LogP contribution < -0.4 is 10.4 Å². The Morgan fingerprint density at radius 2 is 2.17 bits per heavy atom. The average Bonchev–Trinajstić information content (AvgIpc) is 2.58. The maximum Gasteiger partial charge on any atom is 0.346 e. The van der Waals surface area contributed by atoms with Gasteiger partial charge in [0, 0.05) is 30.9 Å². The van der Waals surface area contributed by atoms with Crippen LogP contribution in [0.5, 0.6) is 5.88 Å². The normalized spacial score (nSPS) is 18.2. The molecule has 124 valence electrons. The van der Waals surface area contributed by atoms with Crippen molar-refractivity contribution in [1.82, 2.24) is 15.0 Å². The highest BCUT2D eigenvalue weighted by Gasteiger charge is 2.13. The third-order valence-corrected chi connectivity index (χ3v) is 3.68. The molecule has 1 unspecified atom stereocenters. The zero-order valence-electron chi connectivity index (χ0n) is 13.0. The van der Waals surface area contributed by atoms with Crippen molar-refractivity contribution < 1.29 is 14.2 Å². The predicted octanol–water partition coefficient (Wildman–Crippen LogP) is 2.02. The zero-order chi connectivity index (χ0) is 15.9. The Labute approximate surface area is 134 Å². The minimum Gasteiger partial charge on any atom is -0.478 e. The van der Waals surface area contributed by atoms with Crippen LogP contribution in [0.25, 0.3) is 11.0 Å². The van der Waals surface area contributed by atoms with E-state index in [0.29, 0.717) is 24.7 Å². The summed E-state index contributed by atoms with van der Waals surface area (Å²) >= 11 is 0. The summed E-state index contributed by atoms with van der Waals surface area (Å²) in [5, 5.41) is 0.776. The molecule has 7 nitrogen and oxygen atoms in total. The van der Waals surface area contributed by atoms with Gasteiger partial charge in [0.05, 0.1) is 6.61 Å². The zero-order valence-corrected chi connectivity index (χ0v) is 13.0. The number of hydrogen-bond donors (Lipinski definition) is 1. The summed E-state index contributed by atoms with van der Waals surface area (Å²) in [7, 11) is 0. The van der Waals surface area contributed by atoms with E-state index in [1.54, 1.807) is 6.07 Å². The van der Waals surface area contributed by atoms with Crippen molar-refractivity contribution in [2.75, 3.05) is 19.8 Å². The fourth-order valence-corrected chi connectivity index (χ4v) is 2.44. The second-order valence-electron chi connectivity index (χ2n) is 5.50. The molecule has 0 amide bonds. The van der Waals surface area contributed by atoms with Crippen molar-refractivity contribution in [2.24, 2.45) is 0 Å². The smallest absolute Gasteiger partial charge is 0.346 e. The maximum absolute atomic E-state index is 11.2. The van der Waals surface area contributed by atoms with Gasteiger partial charge in [-0.15, -0.1) is 0 Å². The minimum absolute atomic E-state index is 0.0303. The van der Waals surface area contributed by atoms with Crippen LogP contribution in [0.4, 0.5) is 0 Å². The van der Waals surface area contributed by atoms with E-state index in [1.165, 1.54) is 12.6 Å². The molecule has 1 aliphatic rings. The fourth-order valence-electron chi connectivity index (χ4n) is 2.44. The summed E-state index contributed by atoms with van der Waals surface area (Å²) in [4.78, 5) is 21.7. The first kappa shape index (κ1) is 15.9. The number of ether oxygens (including phenoxy) is 3. The standard InChI is InChI=1S/C16H21N3O4/c20-16-17-11-12-6-7-13(18-15(12)19-16)21-8-3-4-10-23-14-5-1-2-9-22-14/h6-7,11,14H,1-5,8-10H2,(H,17,18,19,20). The van der Waals surface area contributed by atoms with E-state index in [0.717, 1.165) is 37.7 Å². The van der Waals surface area contributed by atoms with Crippen molar-refractivity contribution in [2.45, 2.75) is 38.4 Å². The summed E-state index contributed by atoms with van der Waals surface area (Å²) in [6.45, 7) is 2.04. The van der Waals surface area contributed by atoms with Crippen LogP contribution in [0.3, 0.4) is 0 Å². The number of nitrogens with zero attached hydrogens (tertiary/aromatic N) is 2. The summed E-state index contributed by atoms with van der Waals surface area (Å²) in [5.41, 5.74) is 0.0736. The number of rotatable bonds is 7. The van der Waals surface area contributed by atoms with E-state index in [4.69, 9.17) is 14.2 Å². The summed E-state index contributed by atoms with van der Waals surface area (Å²) < 4.78 is 16.8. The summed E-state index contributed by atoms with van der Waals surface area (Å²) in [6.07, 6.45) is 6.55. The molecule has 3 heterocycles. The van der Waals surface area contributed by atoms with E-state index in [1.807, 2.05) is 6.07 Å². The van der Waals surface area contributed by atoms with Gasteiger partial charge in [-0.3, -0.25) is 4.98 Å². The van der Waals surface area contributed by atoms with Gasteiger partial charge in [0.25, 0.3) is 0 Å². The highest BCUT2D eigenvalue weighted by Crippen LogP contribution is 2.15. The molecule has 0 saturated carbocycles. The van der Waals surface area contributed by atoms with Crippen LogP contribution in [0.15, 0.2) is 23.1 Å². The van der Waals surface area contributed by atoms with Gasteiger partial charge in [0.2, 0.25) is 5.88 Å². The number of hydrogen-bond acceptors (Lipinski definition) is 6. The monoisotopic (exact) mass is 319 g/mol. The lowest BCUT2D eigenvalue weighted by Gasteiger charge is -2.22. The second-order valence-corrected chi connectivity index (χ2v) is 5.50. The molecule has 7 heteroatoms. The fraction of sp³-hybridized carbons (Fsp3) is 0.562. The molecule has 2 aromatic rings. The quantitative estimate of drug-likeness (QED) is 0.786. The molecule has 0 radical (unpaired) electrons. The first-order valence-corrected chi connectivity index (χ1v) is 8.03. The molecule has 3 rings (SSSR count). The molecule has 0 spiro atoms. The SMILES string of the molecule is O=c1ncc2ccc(OCCCCOC3CCCCO3)nc2[nH]1. The Hall–Kier alpha value is -1.99. The number of fused-ring (bicyclic) bond motifs is 1. The molecule has 1 fully saturated rings. The van der Waals surface area contributed by atoms with Gasteiger partial charge in [0.1, 0.15) is 5.65 Å². The maximum atomic E-state index is 11.2. The molecule has 2 aromatic heterocycles. The summed E-state index contributed by atoms with van der Waals surface area (Å²) in [5.74, 6) is 0.496. The molecule has 1 aliphatic heterocycles. The lowest BCUT2D eigenvalue weighted by molar-refractivity contribution is -0.162. The number of unbranched alkanes of at least 4 members (excludes halogenated alkanes) is 1. The first-order chi connectivity index (χ1) is 11.3. The van der Waals surface area contributed by atoms with E-state index in [9.17, 15) is 4.79 Å². The second kappa shape index (κ2) is 8.03. The van der Waals surface area contributed by atoms with E-state index in [2.05, 4.69) is 15.0 Å². The Bertz CT molecular complexity index is 682. The third-order valence-electron chi connectivity index (χ3n) is 3.68. The van der Waals surface area contributed by atoms with Crippen molar-refractivity contribution in [3.63, 3.8) is 0 Å². The van der Waals surface area contributed by atoms with Crippen molar-refractivity contribution in [3.05, 3.63) is 28.8 Å². The Kier molecular flexibility index (Phi) is 5.55. The van der Waals surface area contributed by atoms with Crippen molar-refractivity contribution >= 4 is 11.0 Å². The molecule has 0 aliphatic carbocycles. The van der Waals surface area contributed by atoms with Crippen molar-refractivity contribution in [1.29, 1.82) is 0 Å². The summed E-state index contributed by atoms with van der Waals surface area (Å²) in [6, 6.07) is 3.60. The molecule has 1 saturated heterocycles. The van der Waals surface area contributed by atoms with E-state index in [-0.39, 0.29) is 6.29 Å². The number of aromatic nitrogens is 3. The number of nitrogens with one attached hydrogen (secondary N) is 1. The predicted molar refractivity (Wildman–Crippen MR) is 84.4 cm³/mol. The molecular weight excluding hydrogens is 298 g/mol. The first-order valence-electron chi connectivity index (χ1n) is 8.03. The van der Waals surface area contributed by atoms with E-state index >= 15 is 0 Å². The van der Waals surface area contributed by atoms with Crippen LogP contribution in [-0.4, -0.2) is 41.1 Å². The van der Waals surface area contributed by atoms with Gasteiger partial charge >= 0.3 is 5.69 Å². The van der Waals surface area contributed by atoms with Gasteiger partial charge in [-0.25, -0.2) is 9.78 Å². The van der Waals surface area contributed by atoms with Crippen LogP contribution in [0.1, 0.15) is 32.1 Å². The molecule has 1 N–H and O–H groups in total.